The molecule has 8 aromatic carbocycles. The number of rotatable bonds is 17. The summed E-state index contributed by atoms with van der Waals surface area (Å²) in [7, 11) is -2.95. The van der Waals surface area contributed by atoms with E-state index in [4.69, 9.17) is 0 Å². The van der Waals surface area contributed by atoms with E-state index in [0.717, 1.165) is 13.0 Å². The van der Waals surface area contributed by atoms with Crippen LogP contribution in [0.5, 0.6) is 0 Å². The molecule has 8 aromatic rings. The average Bonchev–Trinajstić information content (AvgIpc) is 4.24. The third-order valence-electron chi connectivity index (χ3n) is 15.7. The molecule has 72 heavy (non-hydrogen) atoms. The van der Waals surface area contributed by atoms with Crippen molar-refractivity contribution in [2.45, 2.75) is 106 Å². The van der Waals surface area contributed by atoms with Crippen LogP contribution >= 0.6 is 32.3 Å². The third-order valence-corrected chi connectivity index (χ3v) is 29.1. The first-order chi connectivity index (χ1) is 35.7. The Morgan fingerprint density at radius 3 is 1.39 bits per heavy atom. The van der Waals surface area contributed by atoms with Gasteiger partial charge in [-0.25, -0.2) is 4.44 Å². The molecule has 0 radical (unpaired) electrons. The zero-order valence-electron chi connectivity index (χ0n) is 42.2. The Morgan fingerprint density at radius 1 is 0.431 bits per heavy atom. The van der Waals surface area contributed by atoms with Crippen molar-refractivity contribution in [2.24, 2.45) is 0 Å². The van der Waals surface area contributed by atoms with Crippen LogP contribution in [0.4, 0.5) is 0 Å². The van der Waals surface area contributed by atoms with Gasteiger partial charge in [0.25, 0.3) is 0 Å². The molecular formula is C66H70N2P4. The maximum Gasteiger partial charge on any atom is 0.0321 e. The summed E-state index contributed by atoms with van der Waals surface area (Å²) in [5.74, 6) is 0.365. The molecule has 3 fully saturated rings. The Bertz CT molecular complexity index is 2850. The molecule has 11 rings (SSSR count). The molecule has 2 nitrogen and oxygen atoms in total. The molecule has 6 heteroatoms. The summed E-state index contributed by atoms with van der Waals surface area (Å²) in [6.07, 6.45) is 11.2. The molecule has 0 bridgehead atoms. The predicted octanol–water partition coefficient (Wildman–Crippen LogP) is 17.8. The summed E-state index contributed by atoms with van der Waals surface area (Å²) in [5.41, 5.74) is 10.8. The normalized spacial score (nSPS) is 22.4. The Kier molecular flexibility index (Phi) is 16.3. The minimum absolute atomic E-state index is 0.359. The van der Waals surface area contributed by atoms with Gasteiger partial charge < -0.3 is 0 Å². The van der Waals surface area contributed by atoms with E-state index >= 15 is 0 Å². The van der Waals surface area contributed by atoms with Gasteiger partial charge in [-0.3, -0.25) is 4.44 Å². The van der Waals surface area contributed by atoms with Gasteiger partial charge in [-0.2, -0.15) is 0 Å². The van der Waals surface area contributed by atoms with E-state index < -0.39 is 32.3 Å². The number of hydrogen-bond acceptors (Lipinski definition) is 2. The van der Waals surface area contributed by atoms with Crippen molar-refractivity contribution in [2.75, 3.05) is 6.54 Å². The van der Waals surface area contributed by atoms with Gasteiger partial charge >= 0.3 is 0 Å². The SMILES string of the molecule is CCCCN(P(c1ccccc1)c1ccccc1C)P1[C@H](c2ccccc2)C(c2ccc(P(c3ccccc3)N(C3CCCC3)P3[C@H](c4ccccc4)CC[C@H]3c3ccccc3)cc2)C[C@H]1c1ccccc1. The second kappa shape index (κ2) is 23.7. The molecule has 0 aromatic heterocycles. The summed E-state index contributed by atoms with van der Waals surface area (Å²) in [6, 6.07) is 90.4. The minimum Gasteiger partial charge on any atom is -0.251 e. The van der Waals surface area contributed by atoms with E-state index in [0.29, 0.717) is 34.6 Å². The number of aryl methyl sites for hydroxylation is 1. The second-order valence-electron chi connectivity index (χ2n) is 20.2. The summed E-state index contributed by atoms with van der Waals surface area (Å²) in [5, 5.41) is 5.96. The second-order valence-corrected chi connectivity index (χ2v) is 29.9. The van der Waals surface area contributed by atoms with Gasteiger partial charge in [-0.05, 0) is 122 Å². The van der Waals surface area contributed by atoms with E-state index in [1.807, 2.05) is 0 Å². The lowest BCUT2D eigenvalue weighted by atomic mass is 9.87. The van der Waals surface area contributed by atoms with Crippen molar-refractivity contribution >= 4 is 53.5 Å². The van der Waals surface area contributed by atoms with Crippen LogP contribution in [0.3, 0.4) is 0 Å². The van der Waals surface area contributed by atoms with Crippen LogP contribution in [-0.2, 0) is 0 Å². The summed E-state index contributed by atoms with van der Waals surface area (Å²) < 4.78 is 6.33. The molecular weight excluding hydrogens is 945 g/mol. The lowest BCUT2D eigenvalue weighted by molar-refractivity contribution is 0.499. The zero-order chi connectivity index (χ0) is 48.6. The zero-order valence-corrected chi connectivity index (χ0v) is 45.7. The summed E-state index contributed by atoms with van der Waals surface area (Å²) >= 11 is 0. The number of hydrogen-bond donors (Lipinski definition) is 0. The van der Waals surface area contributed by atoms with Crippen LogP contribution in [0.25, 0.3) is 0 Å². The van der Waals surface area contributed by atoms with Gasteiger partial charge in [0.05, 0.1) is 0 Å². The fourth-order valence-corrected chi connectivity index (χ4v) is 27.9. The molecule has 1 aliphatic carbocycles. The van der Waals surface area contributed by atoms with E-state index in [1.54, 1.807) is 0 Å². The fraction of sp³-hybridized carbons (Fsp3) is 0.273. The quantitative estimate of drug-likeness (QED) is 0.0839. The number of nitrogens with zero attached hydrogens (tertiary/aromatic N) is 2. The van der Waals surface area contributed by atoms with E-state index in [2.05, 4.69) is 253 Å². The van der Waals surface area contributed by atoms with Crippen molar-refractivity contribution in [3.8, 4) is 0 Å². The lowest BCUT2D eigenvalue weighted by Gasteiger charge is -2.46. The average molecular weight is 1020 g/mol. The van der Waals surface area contributed by atoms with Crippen molar-refractivity contribution in [3.63, 3.8) is 0 Å². The van der Waals surface area contributed by atoms with Gasteiger partial charge in [0.1, 0.15) is 0 Å². The van der Waals surface area contributed by atoms with Gasteiger partial charge in [0.15, 0.2) is 0 Å². The van der Waals surface area contributed by atoms with Gasteiger partial charge in [0.2, 0.25) is 0 Å². The Morgan fingerprint density at radius 2 is 0.875 bits per heavy atom. The summed E-state index contributed by atoms with van der Waals surface area (Å²) in [4.78, 5) is 0. The molecule has 0 amide bonds. The lowest BCUT2D eigenvalue weighted by Crippen LogP contribution is -2.33. The highest BCUT2D eigenvalue weighted by molar-refractivity contribution is 7.80. The van der Waals surface area contributed by atoms with Crippen molar-refractivity contribution < 1.29 is 0 Å². The predicted molar refractivity (Wildman–Crippen MR) is 316 cm³/mol. The van der Waals surface area contributed by atoms with Crippen LogP contribution in [0.2, 0.25) is 0 Å². The summed E-state index contributed by atoms with van der Waals surface area (Å²) in [6.45, 7) is 5.81. The molecule has 2 heterocycles. The molecule has 2 aliphatic heterocycles. The topological polar surface area (TPSA) is 6.48 Å². The van der Waals surface area contributed by atoms with Crippen LogP contribution in [0, 0.1) is 6.92 Å². The Balaban J connectivity index is 1.05. The highest BCUT2D eigenvalue weighted by Gasteiger charge is 2.51. The van der Waals surface area contributed by atoms with E-state index in [-0.39, 0.29) is 0 Å². The van der Waals surface area contributed by atoms with Crippen molar-refractivity contribution in [1.82, 2.24) is 8.88 Å². The molecule has 2 saturated heterocycles. The molecule has 1 saturated carbocycles. The first-order valence-corrected chi connectivity index (χ1v) is 32.3. The molecule has 0 spiro atoms. The van der Waals surface area contributed by atoms with Gasteiger partial charge in [-0.1, -0.05) is 257 Å². The molecule has 0 N–H and O–H groups in total. The number of unbranched alkanes of at least 4 members (excludes halogenated alkanes) is 1. The molecule has 3 aliphatic rings. The first-order valence-electron chi connectivity index (χ1n) is 26.8. The van der Waals surface area contributed by atoms with Crippen LogP contribution < -0.4 is 21.2 Å². The maximum atomic E-state index is 3.22. The monoisotopic (exact) mass is 1010 g/mol. The van der Waals surface area contributed by atoms with E-state index in [1.165, 1.54) is 106 Å². The van der Waals surface area contributed by atoms with E-state index in [9.17, 15) is 0 Å². The fourth-order valence-electron chi connectivity index (χ4n) is 12.3. The van der Waals surface area contributed by atoms with Crippen molar-refractivity contribution in [1.29, 1.82) is 0 Å². The third kappa shape index (κ3) is 10.5. The Hall–Kier alpha value is -4.60. The smallest absolute Gasteiger partial charge is 0.0321 e. The van der Waals surface area contributed by atoms with Crippen molar-refractivity contribution in [3.05, 3.63) is 264 Å². The largest absolute Gasteiger partial charge is 0.251 e. The highest BCUT2D eigenvalue weighted by Crippen LogP contribution is 2.80. The van der Waals surface area contributed by atoms with Gasteiger partial charge in [-0.15, -0.1) is 0 Å². The van der Waals surface area contributed by atoms with Gasteiger partial charge in [0, 0.05) is 51.4 Å². The molecule has 8 atom stereocenters. The minimum atomic E-state index is -0.824. The highest BCUT2D eigenvalue weighted by atomic mass is 31.2. The molecule has 364 valence electrons. The standard InChI is InChI=1S/C66H70N2P4/c1-3-4-49-67(70(59-40-21-10-22-41-59)62-42-26-23-27-51(62)2)72-65(55-32-15-7-16-33-55)50-61(66(72)56-34-17-8-18-35-56)52-43-45-60(46-44-52)69(58-38-19-9-20-39-58)68(57-36-24-25-37-57)71-63(53-28-11-5-12-29-53)47-48-64(71)54-30-13-6-14-31-54/h5-23,26-35,38-46,57,61,63-66H,3-4,24-25,36-37,47-50H2,1-2H3/t61?,63-,64-,65-,66+,69?,70?,72?/m0/s1. The van der Waals surface area contributed by atoms with Crippen LogP contribution in [0.1, 0.15) is 127 Å². The first kappa shape index (κ1) is 49.6. The van der Waals surface area contributed by atoms with Crippen LogP contribution in [0.15, 0.2) is 231 Å². The van der Waals surface area contributed by atoms with Crippen LogP contribution in [-0.4, -0.2) is 21.5 Å². The molecule has 4 unspecified atom stereocenters. The Labute approximate surface area is 436 Å². The maximum absolute atomic E-state index is 3.22. The number of benzene rings is 8.